The molecule has 78 heavy (non-hydrogen) atoms. The Bertz CT molecular complexity index is 3470. The number of aryl methyl sites for hydroxylation is 1. The van der Waals surface area contributed by atoms with Gasteiger partial charge >= 0.3 is 49.8 Å². The van der Waals surface area contributed by atoms with Crippen LogP contribution in [0.2, 0.25) is 0 Å². The molecule has 0 aromatic carbocycles. The Hall–Kier alpha value is -4.39. The number of ether oxygens (including phenoxy) is 5. The van der Waals surface area contributed by atoms with Crippen molar-refractivity contribution in [2.75, 3.05) is 58.0 Å². The van der Waals surface area contributed by atoms with Crippen molar-refractivity contribution in [3.63, 3.8) is 0 Å². The van der Waals surface area contributed by atoms with E-state index in [4.69, 9.17) is 48.7 Å². The molecule has 38 nitrogen and oxygen atoms in total. The maximum absolute atomic E-state index is 14.3. The predicted octanol–water partition coefficient (Wildman–Crippen LogP) is -3.29. The average Bonchev–Trinajstić information content (AvgIpc) is 4.23. The monoisotopic (exact) mass is 1210 g/mol. The molecule has 6 unspecified atom stereocenters. The van der Waals surface area contributed by atoms with Gasteiger partial charge in [-0.15, -0.1) is 0 Å². The molecule has 3 aliphatic rings. The maximum atomic E-state index is 14.3. The van der Waals surface area contributed by atoms with E-state index in [2.05, 4.69) is 33.5 Å². The first-order valence-corrected chi connectivity index (χ1v) is 30.6. The minimum absolute atomic E-state index is 0.0135. The standard InChI is InChI=1S/C35H51N12O26P5/c1-44-13-47(29-21(44)30(52)43-34(37)42-29)31-22(49)15(5-7-64-2)16(69-31)8-67-77(60,61)72-74(54,55)14-75(56,57)73-78(62,63)68-10-18-26(25(65-3)33(71-18)46-12-40-20-27(36)38-11-39-28(20)46)76(58,59)66-9-17-23(50)24(51)32(70-17)45-6-4-19(48)41-35(45)53/h4,6,11-13,15-18,22-26,31-33,49-51H,5,7-10,14H2,1-3H3,(H10-,36,37,38,39,41,42,43,48,52,53,54,55,56,57,58,59,60,61,62,63)/p+1/t15-,16-,17-,18?,22-,23-,24-,25-,26-,31-,32-,33-/m1/s1. The number of hydrogen-bond acceptors (Lipinski definition) is 27. The lowest BCUT2D eigenvalue weighted by atomic mass is 9.95. The summed E-state index contributed by atoms with van der Waals surface area (Å²) in [5, 5.41) is 32.8. The lowest BCUT2D eigenvalue weighted by Crippen LogP contribution is -2.45. The van der Waals surface area contributed by atoms with Crippen molar-refractivity contribution in [1.29, 1.82) is 0 Å². The molecule has 0 bridgehead atoms. The number of H-pyrrole nitrogens is 2. The van der Waals surface area contributed by atoms with Gasteiger partial charge in [-0.2, -0.15) is 0 Å². The summed E-state index contributed by atoms with van der Waals surface area (Å²) < 4.78 is 124. The number of nitrogens with zero attached hydrogens (tertiary/aromatic N) is 8. The summed E-state index contributed by atoms with van der Waals surface area (Å²) in [7, 11) is -25.0. The van der Waals surface area contributed by atoms with Crippen molar-refractivity contribution in [2.24, 2.45) is 13.0 Å². The van der Waals surface area contributed by atoms with Gasteiger partial charge in [0.2, 0.25) is 11.7 Å². The summed E-state index contributed by atoms with van der Waals surface area (Å²) in [6.07, 6.45) is -11.7. The molecule has 3 aliphatic heterocycles. The highest BCUT2D eigenvalue weighted by Gasteiger charge is 2.58. The number of aromatic nitrogens is 10. The number of imidazole rings is 2. The summed E-state index contributed by atoms with van der Waals surface area (Å²) in [4.78, 5) is 111. The zero-order valence-corrected chi connectivity index (χ0v) is 44.9. The molecule has 8 heterocycles. The molecule has 0 saturated carbocycles. The summed E-state index contributed by atoms with van der Waals surface area (Å²) in [5.74, 6) is -3.50. The van der Waals surface area contributed by atoms with Crippen molar-refractivity contribution in [3.8, 4) is 0 Å². The van der Waals surface area contributed by atoms with Crippen LogP contribution in [0.1, 0.15) is 25.1 Å². The molecule has 17 atom stereocenters. The Balaban J connectivity index is 0.939. The van der Waals surface area contributed by atoms with Crippen molar-refractivity contribution in [1.82, 2.24) is 43.6 Å². The van der Waals surface area contributed by atoms with E-state index in [1.54, 1.807) is 0 Å². The van der Waals surface area contributed by atoms with Crippen LogP contribution in [0.3, 0.4) is 0 Å². The van der Waals surface area contributed by atoms with Gasteiger partial charge in [-0.05, 0) is 6.42 Å². The van der Waals surface area contributed by atoms with Gasteiger partial charge in [0, 0.05) is 39.0 Å². The SMILES string of the molecule is COCC[C@H]1[C@@H](O)[C@H]([n+]2cn(C)c3c(=O)[nH]c(N)nc32)O[C@@H]1COP(=O)(O)OP(=O)(O)CP(=O)(O)OP(=O)(O)OCC1O[C@@H](n2cnc3c(N)ncnc32)[C@H](OC)[C@@H]1P(=O)(O)OC[C@H]1O[C@@H](n2ccc(=O)[nH]c2=O)[C@H](O)[C@@H]1O. The number of fused-ring (bicyclic) bond motifs is 2. The third kappa shape index (κ3) is 12.7. The minimum atomic E-state index is -6.00. The van der Waals surface area contributed by atoms with Crippen molar-refractivity contribution in [2.45, 2.75) is 73.5 Å². The van der Waals surface area contributed by atoms with Crippen LogP contribution in [0.5, 0.6) is 0 Å². The van der Waals surface area contributed by atoms with E-state index in [0.717, 1.165) is 41.2 Å². The van der Waals surface area contributed by atoms with E-state index in [1.807, 2.05) is 4.98 Å². The molecule has 3 saturated heterocycles. The molecule has 0 radical (unpaired) electrons. The first-order valence-electron chi connectivity index (χ1n) is 22.5. The van der Waals surface area contributed by atoms with Gasteiger partial charge in [-0.25, -0.2) is 42.1 Å². The van der Waals surface area contributed by atoms with E-state index in [1.165, 1.54) is 29.6 Å². The van der Waals surface area contributed by atoms with E-state index >= 15 is 0 Å². The summed E-state index contributed by atoms with van der Waals surface area (Å²) in [5.41, 5.74) is 7.19. The second-order valence-electron chi connectivity index (χ2n) is 17.6. The number of nitrogens with two attached hydrogens (primary N) is 2. The van der Waals surface area contributed by atoms with E-state index < -0.39 is 154 Å². The number of phosphoric acid groups is 2. The van der Waals surface area contributed by atoms with Gasteiger partial charge in [0.1, 0.15) is 54.1 Å². The smallest absolute Gasteiger partial charge is 0.387 e. The highest BCUT2D eigenvalue weighted by Crippen LogP contribution is 2.70. The average molecular weight is 1210 g/mol. The lowest BCUT2D eigenvalue weighted by Gasteiger charge is -2.28. The number of aromatic amines is 2. The van der Waals surface area contributed by atoms with Gasteiger partial charge in [0.05, 0.1) is 39.3 Å². The van der Waals surface area contributed by atoms with Crippen LogP contribution in [-0.4, -0.2) is 178 Å². The van der Waals surface area contributed by atoms with Crippen LogP contribution in [0.15, 0.2) is 45.6 Å². The number of nitrogens with one attached hydrogen (secondary N) is 2. The molecular weight excluding hydrogens is 1160 g/mol. The fourth-order valence-electron chi connectivity index (χ4n) is 9.01. The Labute approximate surface area is 435 Å². The van der Waals surface area contributed by atoms with E-state index in [9.17, 15) is 77.0 Å². The van der Waals surface area contributed by atoms with Crippen LogP contribution >= 0.6 is 38.4 Å². The van der Waals surface area contributed by atoms with Crippen LogP contribution in [0, 0.1) is 5.92 Å². The van der Waals surface area contributed by atoms with Crippen LogP contribution in [0.4, 0.5) is 11.8 Å². The maximum Gasteiger partial charge on any atom is 0.479 e. The number of aliphatic hydroxyl groups is 3. The number of rotatable bonds is 23. The van der Waals surface area contributed by atoms with Crippen LogP contribution in [-0.2, 0) is 75.7 Å². The molecule has 14 N–H and O–H groups in total. The summed E-state index contributed by atoms with van der Waals surface area (Å²) in [6, 6.07) is 0.916. The Morgan fingerprint density at radius 2 is 1.42 bits per heavy atom. The Morgan fingerprint density at radius 1 is 0.782 bits per heavy atom. The fraction of sp³-hybridized carbons (Fsp3) is 0.600. The second-order valence-corrected chi connectivity index (χ2v) is 27.0. The van der Waals surface area contributed by atoms with E-state index in [0.29, 0.717) is 0 Å². The van der Waals surface area contributed by atoms with E-state index in [-0.39, 0.29) is 47.1 Å². The molecule has 432 valence electrons. The third-order valence-electron chi connectivity index (χ3n) is 12.4. The predicted molar refractivity (Wildman–Crippen MR) is 255 cm³/mol. The molecule has 0 amide bonds. The van der Waals surface area contributed by atoms with Crippen LogP contribution < -0.4 is 32.8 Å². The summed E-state index contributed by atoms with van der Waals surface area (Å²) in [6.45, 7) is -3.28. The number of phosphoric ester groups is 2. The number of nitrogen functional groups attached to an aromatic ring is 2. The number of methoxy groups -OCH3 is 2. The highest BCUT2D eigenvalue weighted by atomic mass is 31.3. The molecular formula is C35H52N12O26P5+. The molecule has 3 fully saturated rings. The quantitative estimate of drug-likeness (QED) is 0.0225. The molecule has 0 aliphatic carbocycles. The largest absolute Gasteiger partial charge is 0.479 e. The zero-order chi connectivity index (χ0) is 57.0. The van der Waals surface area contributed by atoms with Crippen molar-refractivity contribution < 1.29 is 113 Å². The molecule has 0 spiro atoms. The first kappa shape index (κ1) is 59.7. The van der Waals surface area contributed by atoms with Gasteiger partial charge in [0.15, 0.2) is 36.2 Å². The van der Waals surface area contributed by atoms with Gasteiger partial charge in [0.25, 0.3) is 17.1 Å². The molecule has 5 aromatic rings. The van der Waals surface area contributed by atoms with Crippen molar-refractivity contribution >= 4 is 72.5 Å². The molecule has 43 heteroatoms. The van der Waals surface area contributed by atoms with Crippen LogP contribution in [0.25, 0.3) is 22.3 Å². The third-order valence-corrected chi connectivity index (χ3v) is 21.8. The highest BCUT2D eigenvalue weighted by molar-refractivity contribution is 7.76. The summed E-state index contributed by atoms with van der Waals surface area (Å²) >= 11 is 0. The fourth-order valence-corrected chi connectivity index (χ4v) is 17.5. The number of anilines is 2. The molecule has 5 aromatic heterocycles. The normalized spacial score (nSPS) is 30.5. The van der Waals surface area contributed by atoms with Gasteiger partial charge in [-0.3, -0.25) is 56.0 Å². The Morgan fingerprint density at radius 3 is 2.06 bits per heavy atom. The zero-order valence-electron chi connectivity index (χ0n) is 40.5. The number of aliphatic hydroxyl groups excluding tert-OH is 3. The number of hydrogen-bond donors (Lipinski definition) is 12. The molecule has 8 rings (SSSR count). The first-order chi connectivity index (χ1) is 36.5. The lowest BCUT2D eigenvalue weighted by molar-refractivity contribution is -0.745. The second kappa shape index (κ2) is 22.9. The van der Waals surface area contributed by atoms with Crippen molar-refractivity contribution in [3.05, 3.63) is 62.4 Å². The Kier molecular flexibility index (Phi) is 17.5. The van der Waals surface area contributed by atoms with Gasteiger partial charge in [-0.1, -0.05) is 4.98 Å². The van der Waals surface area contributed by atoms with Gasteiger partial charge < -0.3 is 79.5 Å². The minimum Gasteiger partial charge on any atom is -0.387 e. The topological polar surface area (TPSA) is 545 Å².